The largest absolute Gasteiger partial charge is 0.311 e. The van der Waals surface area contributed by atoms with Crippen molar-refractivity contribution >= 4 is 22.7 Å². The molecule has 0 aliphatic rings. The van der Waals surface area contributed by atoms with Crippen LogP contribution in [0.3, 0.4) is 0 Å². The van der Waals surface area contributed by atoms with E-state index in [1.54, 1.807) is 22.7 Å². The number of thiophene rings is 1. The molecule has 0 aromatic carbocycles. The van der Waals surface area contributed by atoms with Crippen molar-refractivity contribution in [2.45, 2.75) is 13.0 Å². The van der Waals surface area contributed by atoms with E-state index in [-0.39, 0.29) is 0 Å². The van der Waals surface area contributed by atoms with Gasteiger partial charge in [0.15, 0.2) is 0 Å². The predicted molar refractivity (Wildman–Crippen MR) is 61.8 cm³/mol. The van der Waals surface area contributed by atoms with E-state index in [1.807, 2.05) is 11.7 Å². The van der Waals surface area contributed by atoms with Crippen LogP contribution in [0.25, 0.3) is 0 Å². The van der Waals surface area contributed by atoms with E-state index >= 15 is 0 Å². The van der Waals surface area contributed by atoms with Crippen LogP contribution in [-0.2, 0) is 13.0 Å². The molecule has 0 aliphatic heterocycles. The van der Waals surface area contributed by atoms with E-state index in [2.05, 4.69) is 27.1 Å². The fourth-order valence-corrected chi connectivity index (χ4v) is 2.48. The highest BCUT2D eigenvalue weighted by Gasteiger charge is 1.95. The molecular formula is C10H12N2S2. The van der Waals surface area contributed by atoms with Crippen LogP contribution in [-0.4, -0.2) is 11.5 Å². The summed E-state index contributed by atoms with van der Waals surface area (Å²) in [7, 11) is 0. The van der Waals surface area contributed by atoms with Crippen LogP contribution >= 0.6 is 22.7 Å². The van der Waals surface area contributed by atoms with Gasteiger partial charge in [-0.3, -0.25) is 4.98 Å². The number of rotatable bonds is 5. The second kappa shape index (κ2) is 5.24. The summed E-state index contributed by atoms with van der Waals surface area (Å²) >= 11 is 3.46. The number of aromatic nitrogens is 1. The average Bonchev–Trinajstić information content (AvgIpc) is 2.86. The first-order valence-corrected chi connectivity index (χ1v) is 6.36. The molecule has 0 fully saturated rings. The molecule has 2 aromatic heterocycles. The molecule has 0 bridgehead atoms. The summed E-state index contributed by atoms with van der Waals surface area (Å²) in [6, 6.07) is 2.18. The van der Waals surface area contributed by atoms with Crippen molar-refractivity contribution in [1.82, 2.24) is 10.3 Å². The maximum Gasteiger partial charge on any atom is 0.0794 e. The van der Waals surface area contributed by atoms with Crippen molar-refractivity contribution in [2.75, 3.05) is 6.54 Å². The summed E-state index contributed by atoms with van der Waals surface area (Å²) in [6.45, 7) is 1.98. The van der Waals surface area contributed by atoms with Crippen molar-refractivity contribution in [3.05, 3.63) is 39.0 Å². The van der Waals surface area contributed by atoms with E-state index < -0.39 is 0 Å². The molecule has 1 N–H and O–H groups in total. The van der Waals surface area contributed by atoms with Crippen molar-refractivity contribution in [1.29, 1.82) is 0 Å². The minimum Gasteiger partial charge on any atom is -0.311 e. The first-order chi connectivity index (χ1) is 6.95. The summed E-state index contributed by atoms with van der Waals surface area (Å²) in [4.78, 5) is 5.33. The lowest BCUT2D eigenvalue weighted by molar-refractivity contribution is 0.693. The minimum atomic E-state index is 0.939. The molecule has 0 saturated heterocycles. The Morgan fingerprint density at radius 1 is 1.43 bits per heavy atom. The van der Waals surface area contributed by atoms with E-state index in [0.29, 0.717) is 0 Å². The number of thiazole rings is 1. The Kier molecular flexibility index (Phi) is 3.68. The first-order valence-electron chi connectivity index (χ1n) is 4.54. The minimum absolute atomic E-state index is 0.939. The van der Waals surface area contributed by atoms with Gasteiger partial charge in [0.2, 0.25) is 0 Å². The maximum absolute atomic E-state index is 4.03. The van der Waals surface area contributed by atoms with Gasteiger partial charge in [-0.1, -0.05) is 0 Å². The van der Waals surface area contributed by atoms with E-state index in [9.17, 15) is 0 Å². The van der Waals surface area contributed by atoms with Gasteiger partial charge in [0.25, 0.3) is 0 Å². The van der Waals surface area contributed by atoms with Gasteiger partial charge in [-0.2, -0.15) is 11.3 Å². The first kappa shape index (κ1) is 9.83. The summed E-state index contributed by atoms with van der Waals surface area (Å²) in [5.74, 6) is 0. The molecule has 0 radical (unpaired) electrons. The maximum atomic E-state index is 4.03. The zero-order valence-electron chi connectivity index (χ0n) is 7.77. The van der Waals surface area contributed by atoms with Crippen molar-refractivity contribution < 1.29 is 0 Å². The van der Waals surface area contributed by atoms with Crippen LogP contribution in [0, 0.1) is 0 Å². The lowest BCUT2D eigenvalue weighted by Crippen LogP contribution is -2.15. The SMILES string of the molecule is c1cc(CCNCc2cncs2)cs1. The van der Waals surface area contributed by atoms with Gasteiger partial charge >= 0.3 is 0 Å². The standard InChI is InChI=1S/C10H12N2S2/c1(9-2-4-13-7-9)3-11-5-10-6-12-8-14-10/h2,4,6-8,11H,1,3,5H2. The molecule has 74 valence electrons. The van der Waals surface area contributed by atoms with Crippen molar-refractivity contribution in [3.8, 4) is 0 Å². The summed E-state index contributed by atoms with van der Waals surface area (Å²) < 4.78 is 0. The lowest BCUT2D eigenvalue weighted by atomic mass is 10.2. The van der Waals surface area contributed by atoms with Crippen molar-refractivity contribution in [2.24, 2.45) is 0 Å². The highest BCUT2D eigenvalue weighted by Crippen LogP contribution is 2.07. The second-order valence-electron chi connectivity index (χ2n) is 3.03. The molecule has 4 heteroatoms. The molecule has 2 aromatic rings. The van der Waals surface area contributed by atoms with Gasteiger partial charge in [-0.25, -0.2) is 0 Å². The van der Waals surface area contributed by atoms with E-state index in [0.717, 1.165) is 19.5 Å². The molecule has 0 aliphatic carbocycles. The lowest BCUT2D eigenvalue weighted by Gasteiger charge is -2.00. The number of nitrogens with one attached hydrogen (secondary N) is 1. The fourth-order valence-electron chi connectivity index (χ4n) is 1.21. The number of hydrogen-bond donors (Lipinski definition) is 1. The quantitative estimate of drug-likeness (QED) is 0.789. The molecule has 0 amide bonds. The monoisotopic (exact) mass is 224 g/mol. The van der Waals surface area contributed by atoms with Crippen LogP contribution in [0.4, 0.5) is 0 Å². The van der Waals surface area contributed by atoms with Gasteiger partial charge in [0.05, 0.1) is 5.51 Å². The van der Waals surface area contributed by atoms with E-state index in [1.165, 1.54) is 10.4 Å². The Hall–Kier alpha value is -0.710. The summed E-state index contributed by atoms with van der Waals surface area (Å²) in [5, 5.41) is 7.73. The van der Waals surface area contributed by atoms with Gasteiger partial charge < -0.3 is 5.32 Å². The molecule has 2 heterocycles. The zero-order chi connectivity index (χ0) is 9.64. The Balaban J connectivity index is 1.65. The zero-order valence-corrected chi connectivity index (χ0v) is 9.40. The third-order valence-electron chi connectivity index (χ3n) is 1.95. The van der Waals surface area contributed by atoms with Gasteiger partial charge in [0.1, 0.15) is 0 Å². The van der Waals surface area contributed by atoms with Crippen LogP contribution < -0.4 is 5.32 Å². The third kappa shape index (κ3) is 2.90. The average molecular weight is 224 g/mol. The molecule has 2 nitrogen and oxygen atoms in total. The highest BCUT2D eigenvalue weighted by molar-refractivity contribution is 7.09. The predicted octanol–water partition coefficient (Wildman–Crippen LogP) is 2.54. The number of hydrogen-bond acceptors (Lipinski definition) is 4. The fraction of sp³-hybridized carbons (Fsp3) is 0.300. The summed E-state index contributed by atoms with van der Waals surface area (Å²) in [5.41, 5.74) is 3.29. The van der Waals surface area contributed by atoms with E-state index in [4.69, 9.17) is 0 Å². The molecular weight excluding hydrogens is 212 g/mol. The van der Waals surface area contributed by atoms with Crippen LogP contribution in [0.5, 0.6) is 0 Å². The second-order valence-corrected chi connectivity index (χ2v) is 4.78. The Labute approximate surface area is 91.6 Å². The molecule has 0 spiro atoms. The van der Waals surface area contributed by atoms with Crippen LogP contribution in [0.2, 0.25) is 0 Å². The van der Waals surface area contributed by atoms with Crippen LogP contribution in [0.1, 0.15) is 10.4 Å². The molecule has 0 atom stereocenters. The highest BCUT2D eigenvalue weighted by atomic mass is 32.1. The third-order valence-corrected chi connectivity index (χ3v) is 3.46. The number of nitrogens with zero attached hydrogens (tertiary/aromatic N) is 1. The Morgan fingerprint density at radius 2 is 2.43 bits per heavy atom. The van der Waals surface area contributed by atoms with Crippen molar-refractivity contribution in [3.63, 3.8) is 0 Å². The van der Waals surface area contributed by atoms with Gasteiger partial charge in [-0.15, -0.1) is 11.3 Å². The summed E-state index contributed by atoms with van der Waals surface area (Å²) in [6.07, 6.45) is 3.03. The van der Waals surface area contributed by atoms with Crippen LogP contribution in [0.15, 0.2) is 28.5 Å². The van der Waals surface area contributed by atoms with Gasteiger partial charge in [-0.05, 0) is 35.4 Å². The molecule has 14 heavy (non-hydrogen) atoms. The topological polar surface area (TPSA) is 24.9 Å². The smallest absolute Gasteiger partial charge is 0.0794 e. The molecule has 0 saturated carbocycles. The van der Waals surface area contributed by atoms with Gasteiger partial charge in [0, 0.05) is 17.6 Å². The Morgan fingerprint density at radius 3 is 3.14 bits per heavy atom. The molecule has 2 rings (SSSR count). The molecule has 0 unspecified atom stereocenters. The normalized spacial score (nSPS) is 10.6. The Bertz CT molecular complexity index is 304.